The van der Waals surface area contributed by atoms with Gasteiger partial charge in [0.05, 0.1) is 35.7 Å². The van der Waals surface area contributed by atoms with Crippen molar-refractivity contribution in [2.75, 3.05) is 11.9 Å². The van der Waals surface area contributed by atoms with Gasteiger partial charge in [0.25, 0.3) is 5.91 Å². The summed E-state index contributed by atoms with van der Waals surface area (Å²) in [7, 11) is 1.81. The third-order valence-electron chi connectivity index (χ3n) is 5.15. The van der Waals surface area contributed by atoms with Crippen molar-refractivity contribution in [2.24, 2.45) is 7.05 Å². The molecule has 2 amide bonds. The molecule has 0 saturated carbocycles. The van der Waals surface area contributed by atoms with Crippen molar-refractivity contribution in [3.63, 3.8) is 0 Å². The van der Waals surface area contributed by atoms with E-state index in [-0.39, 0.29) is 18.4 Å². The number of anilines is 1. The Bertz CT molecular complexity index is 1250. The van der Waals surface area contributed by atoms with Gasteiger partial charge in [0.2, 0.25) is 5.91 Å². The molecule has 0 fully saturated rings. The number of para-hydroxylation sites is 1. The summed E-state index contributed by atoms with van der Waals surface area (Å²) in [6, 6.07) is 15.0. The van der Waals surface area contributed by atoms with Crippen molar-refractivity contribution in [3.05, 3.63) is 71.0 Å². The van der Waals surface area contributed by atoms with Crippen molar-refractivity contribution in [3.8, 4) is 0 Å². The zero-order valence-corrected chi connectivity index (χ0v) is 17.6. The highest BCUT2D eigenvalue weighted by molar-refractivity contribution is 5.99. The minimum absolute atomic E-state index is 0.126. The third kappa shape index (κ3) is 4.30. The van der Waals surface area contributed by atoms with Crippen molar-refractivity contribution < 1.29 is 9.59 Å². The molecule has 2 aromatic heterocycles. The molecule has 0 radical (unpaired) electrons. The first-order valence-corrected chi connectivity index (χ1v) is 9.88. The van der Waals surface area contributed by atoms with E-state index in [1.807, 2.05) is 62.0 Å². The molecule has 0 bridgehead atoms. The summed E-state index contributed by atoms with van der Waals surface area (Å²) < 4.78 is 3.52. The number of carbonyl (C=O) groups is 2. The number of nitrogens with one attached hydrogen (secondary N) is 2. The average molecular weight is 417 g/mol. The summed E-state index contributed by atoms with van der Waals surface area (Å²) in [6.45, 7) is 4.12. The topological polar surface area (TPSA) is 107 Å². The van der Waals surface area contributed by atoms with Gasteiger partial charge in [-0.25, -0.2) is 4.68 Å². The molecule has 0 unspecified atom stereocenters. The Kier molecular flexibility index (Phi) is 5.48. The van der Waals surface area contributed by atoms with Gasteiger partial charge < -0.3 is 10.6 Å². The van der Waals surface area contributed by atoms with Crippen LogP contribution in [0.5, 0.6) is 0 Å². The lowest BCUT2D eigenvalue weighted by atomic mass is 10.1. The van der Waals surface area contributed by atoms with E-state index < -0.39 is 0 Å². The lowest BCUT2D eigenvalue weighted by molar-refractivity contribution is -0.115. The maximum atomic E-state index is 12.4. The first-order chi connectivity index (χ1) is 14.9. The fraction of sp³-hybridized carbons (Fsp3) is 0.227. The van der Waals surface area contributed by atoms with Crippen molar-refractivity contribution in [2.45, 2.75) is 20.4 Å². The van der Waals surface area contributed by atoms with Crippen LogP contribution in [0.2, 0.25) is 0 Å². The molecule has 0 aliphatic heterocycles. The van der Waals surface area contributed by atoms with Crippen LogP contribution in [0.4, 0.5) is 5.69 Å². The Morgan fingerprint density at radius 3 is 2.48 bits per heavy atom. The summed E-state index contributed by atoms with van der Waals surface area (Å²) in [5, 5.41) is 18.0. The highest BCUT2D eigenvalue weighted by Crippen LogP contribution is 2.18. The Morgan fingerprint density at radius 2 is 1.77 bits per heavy atom. The summed E-state index contributed by atoms with van der Waals surface area (Å²) in [4.78, 5) is 24.6. The van der Waals surface area contributed by atoms with Gasteiger partial charge in [-0.3, -0.25) is 14.3 Å². The fourth-order valence-electron chi connectivity index (χ4n) is 3.37. The van der Waals surface area contributed by atoms with Crippen molar-refractivity contribution >= 4 is 28.5 Å². The number of aromatic nitrogens is 5. The number of hydrogen-bond acceptors (Lipinski definition) is 5. The molecule has 4 rings (SSSR count). The zero-order valence-electron chi connectivity index (χ0n) is 17.6. The molecule has 2 heterocycles. The molecule has 9 nitrogen and oxygen atoms in total. The number of aryl methyl sites for hydroxylation is 2. The van der Waals surface area contributed by atoms with Gasteiger partial charge in [0.15, 0.2) is 0 Å². The number of benzene rings is 2. The first-order valence-electron chi connectivity index (χ1n) is 9.88. The van der Waals surface area contributed by atoms with Crippen molar-refractivity contribution in [1.29, 1.82) is 0 Å². The summed E-state index contributed by atoms with van der Waals surface area (Å²) >= 11 is 0. The van der Waals surface area contributed by atoms with Crippen LogP contribution in [0.1, 0.15) is 27.3 Å². The van der Waals surface area contributed by atoms with Gasteiger partial charge in [-0.1, -0.05) is 29.5 Å². The van der Waals surface area contributed by atoms with Crippen LogP contribution in [0.15, 0.2) is 48.5 Å². The van der Waals surface area contributed by atoms with Crippen LogP contribution in [0, 0.1) is 13.8 Å². The second-order valence-electron chi connectivity index (χ2n) is 7.33. The largest absolute Gasteiger partial charge is 0.343 e. The molecule has 2 aromatic carbocycles. The third-order valence-corrected chi connectivity index (χ3v) is 5.15. The first kappa shape index (κ1) is 20.3. The smallest absolute Gasteiger partial charge is 0.251 e. The maximum Gasteiger partial charge on any atom is 0.251 e. The SMILES string of the molecule is Cc1nn(C)c(C)c1NC(=O)CNC(=O)c1ccc(Cn2nnc3ccccc32)cc1. The monoisotopic (exact) mass is 417 g/mol. The van der Waals surface area contributed by atoms with E-state index in [4.69, 9.17) is 0 Å². The lowest BCUT2D eigenvalue weighted by Crippen LogP contribution is -2.33. The van der Waals surface area contributed by atoms with Gasteiger partial charge in [-0.05, 0) is 43.7 Å². The minimum Gasteiger partial charge on any atom is -0.343 e. The second kappa shape index (κ2) is 8.39. The van der Waals surface area contributed by atoms with Crippen LogP contribution in [-0.4, -0.2) is 43.1 Å². The Morgan fingerprint density at radius 1 is 1.03 bits per heavy atom. The van der Waals surface area contributed by atoms with Crippen molar-refractivity contribution in [1.82, 2.24) is 30.1 Å². The van der Waals surface area contributed by atoms with Gasteiger partial charge >= 0.3 is 0 Å². The predicted octanol–water partition coefficient (Wildman–Crippen LogP) is 2.20. The summed E-state index contributed by atoms with van der Waals surface area (Å²) in [6.07, 6.45) is 0. The van der Waals surface area contributed by atoms with E-state index in [1.54, 1.807) is 16.8 Å². The molecule has 9 heteroatoms. The normalized spacial score (nSPS) is 10.9. The summed E-state index contributed by atoms with van der Waals surface area (Å²) in [5.41, 5.74) is 5.53. The molecule has 158 valence electrons. The van der Waals surface area contributed by atoms with Crippen LogP contribution in [-0.2, 0) is 18.4 Å². The Hall–Kier alpha value is -4.01. The number of hydrogen-bond donors (Lipinski definition) is 2. The standard InChI is InChI=1S/C22H23N7O2/c1-14-21(15(2)28(3)26-14)24-20(30)12-23-22(31)17-10-8-16(9-11-17)13-29-19-7-5-4-6-18(19)25-27-29/h4-11H,12-13H2,1-3H3,(H,23,31)(H,24,30). The molecule has 0 spiro atoms. The van der Waals surface area contributed by atoms with Crippen LogP contribution >= 0.6 is 0 Å². The van der Waals surface area contributed by atoms with Crippen LogP contribution in [0.3, 0.4) is 0 Å². The van der Waals surface area contributed by atoms with E-state index in [1.165, 1.54) is 0 Å². The molecule has 0 atom stereocenters. The van der Waals surface area contributed by atoms with Gasteiger partial charge in [-0.15, -0.1) is 5.10 Å². The average Bonchev–Trinajstić information content (AvgIpc) is 3.28. The highest BCUT2D eigenvalue weighted by Gasteiger charge is 2.14. The quantitative estimate of drug-likeness (QED) is 0.500. The summed E-state index contributed by atoms with van der Waals surface area (Å²) in [5.74, 6) is -0.616. The second-order valence-corrected chi connectivity index (χ2v) is 7.33. The minimum atomic E-state index is -0.312. The molecule has 0 saturated heterocycles. The number of nitrogens with zero attached hydrogens (tertiary/aromatic N) is 5. The van der Waals surface area contributed by atoms with E-state index in [0.29, 0.717) is 17.8 Å². The molecule has 31 heavy (non-hydrogen) atoms. The number of carbonyl (C=O) groups excluding carboxylic acids is 2. The molecule has 4 aromatic rings. The fourth-order valence-corrected chi connectivity index (χ4v) is 3.37. The van der Waals surface area contributed by atoms with Gasteiger partial charge in [-0.2, -0.15) is 5.10 Å². The lowest BCUT2D eigenvalue weighted by Gasteiger charge is -2.08. The predicted molar refractivity (Wildman–Crippen MR) is 117 cm³/mol. The van der Waals surface area contributed by atoms with E-state index >= 15 is 0 Å². The number of amides is 2. The maximum absolute atomic E-state index is 12.4. The molecule has 0 aliphatic rings. The number of fused-ring (bicyclic) bond motifs is 1. The molecular weight excluding hydrogens is 394 g/mol. The number of rotatable bonds is 6. The molecule has 2 N–H and O–H groups in total. The Balaban J connectivity index is 1.34. The molecule has 0 aliphatic carbocycles. The van der Waals surface area contributed by atoms with E-state index in [9.17, 15) is 9.59 Å². The van der Waals surface area contributed by atoms with Gasteiger partial charge in [0, 0.05) is 12.6 Å². The Labute approximate surface area is 179 Å². The van der Waals surface area contributed by atoms with Gasteiger partial charge in [0.1, 0.15) is 5.52 Å². The van der Waals surface area contributed by atoms with Crippen LogP contribution in [0.25, 0.3) is 11.0 Å². The van der Waals surface area contributed by atoms with Crippen LogP contribution < -0.4 is 10.6 Å². The van der Waals surface area contributed by atoms with E-state index in [2.05, 4.69) is 26.0 Å². The zero-order chi connectivity index (χ0) is 22.0. The molecular formula is C22H23N7O2. The highest BCUT2D eigenvalue weighted by atomic mass is 16.2. The van der Waals surface area contributed by atoms with E-state index in [0.717, 1.165) is 28.0 Å².